The fourth-order valence-corrected chi connectivity index (χ4v) is 4.04. The molecule has 0 aromatic carbocycles. The van der Waals surface area contributed by atoms with Crippen LogP contribution in [0.5, 0.6) is 0 Å². The average molecular weight is 145 g/mol. The lowest BCUT2D eigenvalue weighted by molar-refractivity contribution is -0.124. The summed E-state index contributed by atoms with van der Waals surface area (Å²) >= 11 is 0.0514. The zero-order chi connectivity index (χ0) is 6.27. The maximum Gasteiger partial charge on any atom is 0.231 e. The van der Waals surface area contributed by atoms with Crippen molar-refractivity contribution in [2.24, 2.45) is 0 Å². The molecule has 2 aliphatic rings. The highest BCUT2D eigenvalue weighted by Gasteiger charge is 2.31. The number of rotatable bonds is 0. The second-order valence-corrected chi connectivity index (χ2v) is 4.96. The van der Waals surface area contributed by atoms with Crippen LogP contribution in [0.15, 0.2) is 0 Å². The van der Waals surface area contributed by atoms with Crippen LogP contribution in [-0.2, 0) is 4.79 Å². The third-order valence-electron chi connectivity index (χ3n) is 2.00. The van der Waals surface area contributed by atoms with Gasteiger partial charge in [-0.25, -0.2) is 0 Å². The molecule has 0 radical (unpaired) electrons. The van der Waals surface area contributed by atoms with E-state index >= 15 is 0 Å². The molecule has 1 unspecified atom stereocenters. The van der Waals surface area contributed by atoms with Crippen molar-refractivity contribution in [1.29, 1.82) is 0 Å². The van der Waals surface area contributed by atoms with E-state index in [2.05, 4.69) is 4.31 Å². The summed E-state index contributed by atoms with van der Waals surface area (Å²) in [4.78, 5) is 11.0. The Bertz CT molecular complexity index is 148. The van der Waals surface area contributed by atoms with Crippen molar-refractivity contribution in [3.05, 3.63) is 0 Å². The van der Waals surface area contributed by atoms with Crippen LogP contribution in [0.2, 0.25) is 0 Å². The van der Waals surface area contributed by atoms with Crippen molar-refractivity contribution in [3.8, 4) is 0 Å². The lowest BCUT2D eigenvalue weighted by Crippen LogP contribution is -2.16. The van der Waals surface area contributed by atoms with Crippen molar-refractivity contribution >= 4 is 17.0 Å². The molecule has 9 heavy (non-hydrogen) atoms. The van der Waals surface area contributed by atoms with E-state index in [0.717, 1.165) is 13.0 Å². The Morgan fingerprint density at radius 3 is 3.11 bits per heavy atom. The summed E-state index contributed by atoms with van der Waals surface area (Å²) in [5.74, 6) is 2.92. The highest BCUT2D eigenvalue weighted by Crippen LogP contribution is 2.42. The first kappa shape index (κ1) is 5.59. The molecule has 2 saturated heterocycles. The van der Waals surface area contributed by atoms with Gasteiger partial charge in [-0.1, -0.05) is 0 Å². The van der Waals surface area contributed by atoms with Gasteiger partial charge < -0.3 is 4.31 Å². The molecule has 2 nitrogen and oxygen atoms in total. The number of thiol groups is 1. The van der Waals surface area contributed by atoms with Gasteiger partial charge in [0, 0.05) is 13.0 Å². The van der Waals surface area contributed by atoms with Gasteiger partial charge in [0.25, 0.3) is 0 Å². The number of amides is 1. The van der Waals surface area contributed by atoms with Gasteiger partial charge in [-0.05, 0) is 17.9 Å². The molecule has 0 aromatic heterocycles. The Labute approximate surface area is 57.7 Å². The Kier molecular flexibility index (Phi) is 1.18. The van der Waals surface area contributed by atoms with Gasteiger partial charge in [0.15, 0.2) is 0 Å². The summed E-state index contributed by atoms with van der Waals surface area (Å²) in [6.45, 7) is 1.06. The van der Waals surface area contributed by atoms with Crippen molar-refractivity contribution in [3.63, 3.8) is 0 Å². The lowest BCUT2D eigenvalue weighted by Gasteiger charge is -2.17. The van der Waals surface area contributed by atoms with Crippen LogP contribution in [0.4, 0.5) is 0 Å². The first-order valence-electron chi connectivity index (χ1n) is 3.43. The molecule has 1 amide bonds. The molecular weight excluding hydrogens is 134 g/mol. The summed E-state index contributed by atoms with van der Waals surface area (Å²) in [7, 11) is 0. The first-order valence-corrected chi connectivity index (χ1v) is 5.09. The largest absolute Gasteiger partial charge is 0.307 e. The molecule has 0 aromatic rings. The second-order valence-electron chi connectivity index (χ2n) is 2.57. The van der Waals surface area contributed by atoms with Crippen LogP contribution >= 0.6 is 11.1 Å². The van der Waals surface area contributed by atoms with E-state index in [1.807, 2.05) is 0 Å². The Morgan fingerprint density at radius 2 is 2.33 bits per heavy atom. The van der Waals surface area contributed by atoms with Gasteiger partial charge in [0.1, 0.15) is 0 Å². The van der Waals surface area contributed by atoms with Crippen LogP contribution in [-0.4, -0.2) is 28.3 Å². The standard InChI is InChI=1S/C6H11NOS/c8-6-2-5-9-4-1-3-7(6)9/h9H,1-5H2. The van der Waals surface area contributed by atoms with Gasteiger partial charge in [-0.3, -0.25) is 4.79 Å². The molecule has 2 fully saturated rings. The molecule has 2 rings (SSSR count). The number of carbonyl (C=O) groups is 1. The van der Waals surface area contributed by atoms with Crippen LogP contribution in [0.1, 0.15) is 12.8 Å². The zero-order valence-corrected chi connectivity index (χ0v) is 6.23. The molecule has 2 aliphatic heterocycles. The molecule has 1 atom stereocenters. The van der Waals surface area contributed by atoms with E-state index < -0.39 is 0 Å². The van der Waals surface area contributed by atoms with E-state index in [1.165, 1.54) is 17.9 Å². The first-order chi connectivity index (χ1) is 4.38. The van der Waals surface area contributed by atoms with Crippen LogP contribution in [0.25, 0.3) is 0 Å². The summed E-state index contributed by atoms with van der Waals surface area (Å²) in [5.41, 5.74) is 0. The van der Waals surface area contributed by atoms with Gasteiger partial charge in [0.05, 0.1) is 0 Å². The van der Waals surface area contributed by atoms with Crippen LogP contribution in [0, 0.1) is 0 Å². The molecule has 0 aliphatic carbocycles. The Morgan fingerprint density at radius 1 is 1.44 bits per heavy atom. The van der Waals surface area contributed by atoms with Gasteiger partial charge in [-0.15, -0.1) is 0 Å². The highest BCUT2D eigenvalue weighted by atomic mass is 32.2. The van der Waals surface area contributed by atoms with Gasteiger partial charge in [0.2, 0.25) is 5.91 Å². The van der Waals surface area contributed by atoms with E-state index in [4.69, 9.17) is 0 Å². The monoisotopic (exact) mass is 145 g/mol. The molecule has 52 valence electrons. The minimum atomic E-state index is 0.0514. The third-order valence-corrected chi connectivity index (χ3v) is 4.68. The molecule has 3 heteroatoms. The lowest BCUT2D eigenvalue weighted by atomic mass is 10.4. The maximum atomic E-state index is 11.0. The number of nitrogens with zero attached hydrogens (tertiary/aromatic N) is 1. The Hall–Kier alpha value is -0.180. The number of fused-ring (bicyclic) bond motifs is 1. The third kappa shape index (κ3) is 0.748. The van der Waals surface area contributed by atoms with Gasteiger partial charge >= 0.3 is 0 Å². The summed E-state index contributed by atoms with van der Waals surface area (Å²) in [5, 5.41) is 0. The molecular formula is C6H11NOS. The van der Waals surface area contributed by atoms with Crippen molar-refractivity contribution in [2.75, 3.05) is 18.1 Å². The predicted molar refractivity (Wildman–Crippen MR) is 39.7 cm³/mol. The SMILES string of the molecule is O=C1CC[SH]2CCCN12. The fraction of sp³-hybridized carbons (Fsp3) is 0.833. The van der Waals surface area contributed by atoms with E-state index in [0.29, 0.717) is 5.91 Å². The molecule has 0 N–H and O–H groups in total. The quantitative estimate of drug-likeness (QED) is 0.493. The van der Waals surface area contributed by atoms with Gasteiger partial charge in [-0.2, -0.15) is 11.1 Å². The number of hydrogen-bond acceptors (Lipinski definition) is 1. The predicted octanol–water partition coefficient (Wildman–Crippen LogP) is 0.539. The maximum absolute atomic E-state index is 11.0. The molecule has 0 bridgehead atoms. The summed E-state index contributed by atoms with van der Waals surface area (Å²) < 4.78 is 2.11. The van der Waals surface area contributed by atoms with Crippen molar-refractivity contribution in [2.45, 2.75) is 12.8 Å². The highest BCUT2D eigenvalue weighted by molar-refractivity contribution is 8.15. The van der Waals surface area contributed by atoms with Crippen molar-refractivity contribution < 1.29 is 4.79 Å². The molecule has 0 saturated carbocycles. The van der Waals surface area contributed by atoms with Crippen molar-refractivity contribution in [1.82, 2.24) is 4.31 Å². The average Bonchev–Trinajstić information content (AvgIpc) is 2.35. The smallest absolute Gasteiger partial charge is 0.231 e. The zero-order valence-electron chi connectivity index (χ0n) is 5.34. The fourth-order valence-electron chi connectivity index (χ4n) is 1.53. The minimum Gasteiger partial charge on any atom is -0.307 e. The van der Waals surface area contributed by atoms with Crippen LogP contribution < -0.4 is 0 Å². The Balaban J connectivity index is 2.15. The normalized spacial score (nSPS) is 37.6. The van der Waals surface area contributed by atoms with E-state index in [1.54, 1.807) is 0 Å². The van der Waals surface area contributed by atoms with Crippen LogP contribution in [0.3, 0.4) is 0 Å². The molecule has 2 heterocycles. The van der Waals surface area contributed by atoms with E-state index in [-0.39, 0.29) is 11.1 Å². The second kappa shape index (κ2) is 1.90. The molecule has 0 spiro atoms. The number of hydrogen-bond donors (Lipinski definition) is 1. The summed E-state index contributed by atoms with van der Waals surface area (Å²) in [6, 6.07) is 0. The topological polar surface area (TPSA) is 20.3 Å². The minimum absolute atomic E-state index is 0.0514. The number of carbonyl (C=O) groups excluding carboxylic acids is 1. The summed E-state index contributed by atoms with van der Waals surface area (Å²) in [6.07, 6.45) is 2.10. The van der Waals surface area contributed by atoms with E-state index in [9.17, 15) is 4.79 Å².